The molecular formula is C35H36O9. The molecule has 9 heteroatoms. The highest BCUT2D eigenvalue weighted by Crippen LogP contribution is 2.51. The van der Waals surface area contributed by atoms with Crippen molar-refractivity contribution < 1.29 is 43.5 Å². The fraction of sp³-hybridized carbons (Fsp3) is 0.257. The number of phenols is 2. The summed E-state index contributed by atoms with van der Waals surface area (Å²) in [5.41, 5.74) is 0.251. The number of hydrogen-bond acceptors (Lipinski definition) is 9. The highest BCUT2D eigenvalue weighted by atomic mass is 16.5. The van der Waals surface area contributed by atoms with Crippen LogP contribution in [-0.2, 0) is 9.59 Å². The summed E-state index contributed by atoms with van der Waals surface area (Å²) in [6.45, 7) is 0. The second kappa shape index (κ2) is 13.9. The number of ketones is 2. The molecule has 1 aliphatic carbocycles. The number of hydrogen-bond donors (Lipinski definition) is 2. The van der Waals surface area contributed by atoms with Crippen molar-refractivity contribution in [3.8, 4) is 40.2 Å². The summed E-state index contributed by atoms with van der Waals surface area (Å²) >= 11 is 0. The van der Waals surface area contributed by atoms with Crippen LogP contribution < -0.4 is 23.7 Å². The fourth-order valence-electron chi connectivity index (χ4n) is 5.44. The molecule has 3 aromatic rings. The average Bonchev–Trinajstić information content (AvgIpc) is 3.06. The van der Waals surface area contributed by atoms with Crippen molar-refractivity contribution in [2.45, 2.75) is 18.8 Å². The number of rotatable bonds is 12. The summed E-state index contributed by atoms with van der Waals surface area (Å²) in [5.74, 6) is 0.216. The molecule has 1 atom stereocenters. The van der Waals surface area contributed by atoms with Gasteiger partial charge in [-0.05, 0) is 66.5 Å². The van der Waals surface area contributed by atoms with Crippen molar-refractivity contribution in [2.24, 2.45) is 5.41 Å². The maximum atomic E-state index is 14.4. The Kier molecular flexibility index (Phi) is 10.0. The molecule has 4 rings (SSSR count). The Balaban J connectivity index is 1.86. The number of carbonyl (C=O) groups excluding carboxylic acids is 2. The van der Waals surface area contributed by atoms with Crippen molar-refractivity contribution in [1.82, 2.24) is 0 Å². The van der Waals surface area contributed by atoms with Crippen LogP contribution in [0.15, 0.2) is 72.8 Å². The Bertz CT molecular complexity index is 1540. The zero-order valence-electron chi connectivity index (χ0n) is 25.3. The number of benzene rings is 3. The van der Waals surface area contributed by atoms with E-state index in [0.29, 0.717) is 40.4 Å². The molecule has 230 valence electrons. The second-order valence-electron chi connectivity index (χ2n) is 10.1. The van der Waals surface area contributed by atoms with E-state index in [9.17, 15) is 19.8 Å². The first-order chi connectivity index (χ1) is 21.2. The zero-order chi connectivity index (χ0) is 31.9. The topological polar surface area (TPSA) is 121 Å². The van der Waals surface area contributed by atoms with Gasteiger partial charge in [0.05, 0.1) is 35.5 Å². The van der Waals surface area contributed by atoms with Crippen LogP contribution in [0.25, 0.3) is 12.2 Å². The van der Waals surface area contributed by atoms with E-state index in [1.54, 1.807) is 48.6 Å². The first-order valence-electron chi connectivity index (χ1n) is 13.9. The molecule has 0 heterocycles. The lowest BCUT2D eigenvalue weighted by atomic mass is 9.61. The van der Waals surface area contributed by atoms with E-state index >= 15 is 0 Å². The predicted octanol–water partition coefficient (Wildman–Crippen LogP) is 6.13. The molecule has 2 N–H and O–H groups in total. The van der Waals surface area contributed by atoms with Crippen LogP contribution in [-0.4, -0.2) is 57.3 Å². The third-order valence-electron chi connectivity index (χ3n) is 7.78. The summed E-state index contributed by atoms with van der Waals surface area (Å²) in [6, 6.07) is 12.8. The SMILES string of the molecule is COc1cc(/C=C/C(=O)C2(C(=O)/C=C/c3ccc(O)c(OC)c3)CCC=C[C@@H]2c2cc(OC)c(OC)cc2OC)ccc1O. The van der Waals surface area contributed by atoms with E-state index in [0.717, 1.165) is 0 Å². The number of carbonyl (C=O) groups is 2. The lowest BCUT2D eigenvalue weighted by Crippen LogP contribution is -2.44. The van der Waals surface area contributed by atoms with Gasteiger partial charge >= 0.3 is 0 Å². The summed E-state index contributed by atoms with van der Waals surface area (Å²) in [5, 5.41) is 20.0. The van der Waals surface area contributed by atoms with Crippen LogP contribution in [0.2, 0.25) is 0 Å². The Morgan fingerprint density at radius 2 is 1.16 bits per heavy atom. The first-order valence-corrected chi connectivity index (χ1v) is 13.9. The van der Waals surface area contributed by atoms with Crippen LogP contribution >= 0.6 is 0 Å². The van der Waals surface area contributed by atoms with Crippen LogP contribution in [0.1, 0.15) is 35.4 Å². The Morgan fingerprint density at radius 3 is 1.64 bits per heavy atom. The maximum absolute atomic E-state index is 14.4. The van der Waals surface area contributed by atoms with Gasteiger partial charge in [0.15, 0.2) is 46.1 Å². The fourth-order valence-corrected chi connectivity index (χ4v) is 5.44. The highest BCUT2D eigenvalue weighted by Gasteiger charge is 2.50. The van der Waals surface area contributed by atoms with E-state index < -0.39 is 22.9 Å². The van der Waals surface area contributed by atoms with Gasteiger partial charge in [-0.25, -0.2) is 0 Å². The molecule has 0 aromatic heterocycles. The quantitative estimate of drug-likeness (QED) is 0.144. The van der Waals surface area contributed by atoms with E-state index in [-0.39, 0.29) is 29.4 Å². The Labute approximate surface area is 256 Å². The van der Waals surface area contributed by atoms with Crippen LogP contribution in [0.3, 0.4) is 0 Å². The van der Waals surface area contributed by atoms with Crippen molar-refractivity contribution in [3.05, 3.63) is 89.5 Å². The predicted molar refractivity (Wildman–Crippen MR) is 167 cm³/mol. The van der Waals surface area contributed by atoms with Crippen LogP contribution in [0.4, 0.5) is 0 Å². The molecule has 1 aliphatic rings. The molecule has 0 aliphatic heterocycles. The molecular weight excluding hydrogens is 564 g/mol. The zero-order valence-corrected chi connectivity index (χ0v) is 25.3. The molecule has 9 nitrogen and oxygen atoms in total. The largest absolute Gasteiger partial charge is 0.504 e. The molecule has 44 heavy (non-hydrogen) atoms. The molecule has 0 amide bonds. The highest BCUT2D eigenvalue weighted by molar-refractivity contribution is 6.18. The van der Waals surface area contributed by atoms with Crippen molar-refractivity contribution in [1.29, 1.82) is 0 Å². The minimum absolute atomic E-state index is 0.0309. The van der Waals surface area contributed by atoms with E-state index in [1.807, 2.05) is 12.2 Å². The molecule has 0 spiro atoms. The Hall–Kier alpha value is -5.18. The molecule has 0 saturated carbocycles. The minimum Gasteiger partial charge on any atom is -0.504 e. The van der Waals surface area contributed by atoms with Gasteiger partial charge in [-0.2, -0.15) is 0 Å². The molecule has 0 bridgehead atoms. The first kappa shape index (κ1) is 31.7. The van der Waals surface area contributed by atoms with Gasteiger partial charge in [-0.15, -0.1) is 0 Å². The number of allylic oxidation sites excluding steroid dienone is 4. The summed E-state index contributed by atoms with van der Waals surface area (Å²) in [7, 11) is 7.41. The molecule has 3 aromatic carbocycles. The monoisotopic (exact) mass is 600 g/mol. The lowest BCUT2D eigenvalue weighted by molar-refractivity contribution is -0.136. The van der Waals surface area contributed by atoms with Gasteiger partial charge < -0.3 is 33.9 Å². The van der Waals surface area contributed by atoms with Gasteiger partial charge in [0.2, 0.25) is 0 Å². The number of phenolic OH excluding ortho intramolecular Hbond substituents is 2. The number of aromatic hydroxyl groups is 2. The minimum atomic E-state index is -1.54. The maximum Gasteiger partial charge on any atom is 0.170 e. The second-order valence-corrected chi connectivity index (χ2v) is 10.1. The molecule has 0 unspecified atom stereocenters. The molecule has 0 fully saturated rings. The standard InChI is InChI=1S/C35H36O9/c1-40-28-21-32(44-5)31(43-4)20-24(28)25-8-6-7-17-35(25,33(38)15-11-22-9-13-26(36)29(18-22)41-2)34(39)16-12-23-10-14-27(37)30(19-23)42-3/h6,8-16,18-21,25,36-37H,7,17H2,1-5H3/b15-11+,16-12+/t25-/m1/s1. The number of ether oxygens (including phenoxy) is 5. The van der Waals surface area contributed by atoms with Gasteiger partial charge in [-0.3, -0.25) is 9.59 Å². The summed E-state index contributed by atoms with van der Waals surface area (Å²) < 4.78 is 27.2. The van der Waals surface area contributed by atoms with Crippen molar-refractivity contribution >= 4 is 23.7 Å². The lowest BCUT2D eigenvalue weighted by Gasteiger charge is -2.38. The third kappa shape index (κ3) is 6.27. The van der Waals surface area contributed by atoms with Crippen LogP contribution in [0.5, 0.6) is 40.2 Å². The third-order valence-corrected chi connectivity index (χ3v) is 7.78. The van der Waals surface area contributed by atoms with Gasteiger partial charge in [0.1, 0.15) is 11.2 Å². The van der Waals surface area contributed by atoms with E-state index in [2.05, 4.69) is 0 Å². The normalized spacial score (nSPS) is 15.7. The average molecular weight is 601 g/mol. The molecule has 0 radical (unpaired) electrons. The summed E-state index contributed by atoms with van der Waals surface area (Å²) in [6.07, 6.45) is 10.5. The van der Waals surface area contributed by atoms with Crippen molar-refractivity contribution in [3.63, 3.8) is 0 Å². The Morgan fingerprint density at radius 1 is 0.682 bits per heavy atom. The summed E-state index contributed by atoms with van der Waals surface area (Å²) in [4.78, 5) is 28.7. The molecule has 0 saturated heterocycles. The van der Waals surface area contributed by atoms with Crippen molar-refractivity contribution in [2.75, 3.05) is 35.5 Å². The van der Waals surface area contributed by atoms with Gasteiger partial charge in [-0.1, -0.05) is 36.4 Å². The van der Waals surface area contributed by atoms with Gasteiger partial charge in [0.25, 0.3) is 0 Å². The number of methoxy groups -OCH3 is 5. The van der Waals surface area contributed by atoms with Crippen LogP contribution in [0, 0.1) is 5.41 Å². The van der Waals surface area contributed by atoms with E-state index in [1.165, 1.54) is 59.8 Å². The van der Waals surface area contributed by atoms with E-state index in [4.69, 9.17) is 23.7 Å². The smallest absolute Gasteiger partial charge is 0.170 e. The van der Waals surface area contributed by atoms with Gasteiger partial charge in [0, 0.05) is 17.5 Å².